The van der Waals surface area contributed by atoms with E-state index < -0.39 is 0 Å². The molecule has 100 valence electrons. The number of nitrogen functional groups attached to an aromatic ring is 1. The first kappa shape index (κ1) is 14.2. The van der Waals surface area contributed by atoms with E-state index in [4.69, 9.17) is 5.73 Å². The number of aryl methyl sites for hydroxylation is 1. The summed E-state index contributed by atoms with van der Waals surface area (Å²) in [6.45, 7) is 4.89. The summed E-state index contributed by atoms with van der Waals surface area (Å²) in [6.07, 6.45) is 1.74. The number of nitrogens with zero attached hydrogens (tertiary/aromatic N) is 3. The van der Waals surface area contributed by atoms with E-state index in [0.717, 1.165) is 12.8 Å². The molecule has 6 nitrogen and oxygen atoms in total. The van der Waals surface area contributed by atoms with Crippen molar-refractivity contribution in [3.8, 4) is 0 Å². The molecule has 3 N–H and O–H groups in total. The monoisotopic (exact) mass is 251 g/mol. The number of hydrogen-bond donors (Lipinski definition) is 2. The van der Waals surface area contributed by atoms with Crippen molar-refractivity contribution in [2.24, 2.45) is 0 Å². The molecule has 0 bridgehead atoms. The number of rotatable bonds is 6. The molecule has 1 aromatic rings. The van der Waals surface area contributed by atoms with Crippen LogP contribution >= 0.6 is 0 Å². The molecule has 0 fully saturated rings. The lowest BCUT2D eigenvalue weighted by atomic mass is 10.3. The molecule has 1 rings (SSSR count). The van der Waals surface area contributed by atoms with E-state index in [1.54, 1.807) is 18.0 Å². The van der Waals surface area contributed by atoms with Crippen molar-refractivity contribution < 1.29 is 4.79 Å². The van der Waals surface area contributed by atoms with E-state index in [2.05, 4.69) is 22.2 Å². The Kier molecular flexibility index (Phi) is 5.35. The highest BCUT2D eigenvalue weighted by molar-refractivity contribution is 5.80. The summed E-state index contributed by atoms with van der Waals surface area (Å²) in [7, 11) is 1.76. The number of hydrogen-bond acceptors (Lipinski definition) is 5. The van der Waals surface area contributed by atoms with Crippen LogP contribution in [0, 0.1) is 0 Å². The molecule has 0 aromatic carbocycles. The summed E-state index contributed by atoms with van der Waals surface area (Å²) in [6, 6.07) is 1.64. The van der Waals surface area contributed by atoms with E-state index in [1.807, 2.05) is 6.92 Å². The zero-order valence-electron chi connectivity index (χ0n) is 11.2. The average Bonchev–Trinajstić information content (AvgIpc) is 2.34. The van der Waals surface area contributed by atoms with Crippen molar-refractivity contribution in [1.29, 1.82) is 0 Å². The van der Waals surface area contributed by atoms with Crippen molar-refractivity contribution >= 4 is 17.5 Å². The fourth-order valence-corrected chi connectivity index (χ4v) is 1.42. The Balaban J connectivity index is 2.64. The Morgan fingerprint density at radius 2 is 2.17 bits per heavy atom. The third-order valence-corrected chi connectivity index (χ3v) is 2.59. The minimum absolute atomic E-state index is 0.0201. The van der Waals surface area contributed by atoms with Crippen molar-refractivity contribution in [2.75, 3.05) is 31.2 Å². The summed E-state index contributed by atoms with van der Waals surface area (Å²) in [5.74, 6) is 1.75. The van der Waals surface area contributed by atoms with Crippen molar-refractivity contribution in [2.45, 2.75) is 26.7 Å². The van der Waals surface area contributed by atoms with Crippen molar-refractivity contribution in [3.05, 3.63) is 11.9 Å². The van der Waals surface area contributed by atoms with Gasteiger partial charge in [-0.3, -0.25) is 4.79 Å². The molecule has 0 aliphatic heterocycles. The molecule has 0 radical (unpaired) electrons. The topological polar surface area (TPSA) is 84.1 Å². The molecule has 0 unspecified atom stereocenters. The quantitative estimate of drug-likeness (QED) is 0.784. The van der Waals surface area contributed by atoms with Gasteiger partial charge in [0.25, 0.3) is 0 Å². The predicted octanol–water partition coefficient (Wildman–Crippen LogP) is 0.901. The fraction of sp³-hybridized carbons (Fsp3) is 0.583. The number of aromatic nitrogens is 2. The number of nitrogens with one attached hydrogen (secondary N) is 1. The van der Waals surface area contributed by atoms with Gasteiger partial charge in [0.2, 0.25) is 5.91 Å². The molecule has 1 amide bonds. The molecule has 1 aromatic heterocycles. The Labute approximate surface area is 108 Å². The van der Waals surface area contributed by atoms with Crippen LogP contribution in [0.15, 0.2) is 6.07 Å². The zero-order chi connectivity index (χ0) is 13.5. The van der Waals surface area contributed by atoms with E-state index in [-0.39, 0.29) is 12.5 Å². The number of carbonyl (C=O) groups excluding carboxylic acids is 1. The van der Waals surface area contributed by atoms with Crippen LogP contribution in [0.4, 0.5) is 11.6 Å². The first-order valence-corrected chi connectivity index (χ1v) is 6.18. The Morgan fingerprint density at radius 3 is 2.78 bits per heavy atom. The van der Waals surface area contributed by atoms with Gasteiger partial charge in [-0.15, -0.1) is 0 Å². The van der Waals surface area contributed by atoms with E-state index in [0.29, 0.717) is 24.0 Å². The Hall–Kier alpha value is -1.85. The molecule has 0 aliphatic rings. The highest BCUT2D eigenvalue weighted by Gasteiger charge is 2.07. The lowest BCUT2D eigenvalue weighted by Gasteiger charge is -2.15. The van der Waals surface area contributed by atoms with E-state index in [1.165, 1.54) is 0 Å². The largest absolute Gasteiger partial charge is 0.384 e. The first-order chi connectivity index (χ1) is 8.56. The summed E-state index contributed by atoms with van der Waals surface area (Å²) in [4.78, 5) is 21.7. The smallest absolute Gasteiger partial charge is 0.241 e. The van der Waals surface area contributed by atoms with Gasteiger partial charge in [0.15, 0.2) is 0 Å². The van der Waals surface area contributed by atoms with Crippen LogP contribution in [0.2, 0.25) is 0 Å². The van der Waals surface area contributed by atoms with Gasteiger partial charge in [-0.1, -0.05) is 6.92 Å². The minimum Gasteiger partial charge on any atom is -0.384 e. The van der Waals surface area contributed by atoms with Gasteiger partial charge in [-0.2, -0.15) is 0 Å². The second-order valence-electron chi connectivity index (χ2n) is 4.11. The van der Waals surface area contributed by atoms with Crippen LogP contribution in [0.1, 0.15) is 26.1 Å². The maximum Gasteiger partial charge on any atom is 0.241 e. The summed E-state index contributed by atoms with van der Waals surface area (Å²) >= 11 is 0. The molecular formula is C12H21N5O. The second-order valence-corrected chi connectivity index (χ2v) is 4.11. The molecule has 0 atom stereocenters. The fourth-order valence-electron chi connectivity index (χ4n) is 1.42. The van der Waals surface area contributed by atoms with Gasteiger partial charge in [-0.25, -0.2) is 9.97 Å². The second kappa shape index (κ2) is 6.78. The van der Waals surface area contributed by atoms with E-state index in [9.17, 15) is 4.79 Å². The first-order valence-electron chi connectivity index (χ1n) is 6.18. The maximum absolute atomic E-state index is 11.6. The molecule has 0 saturated carbocycles. The number of amides is 1. The molecule has 0 aliphatic carbocycles. The number of likely N-dealkylation sites (N-methyl/N-ethyl adjacent to an activating group) is 1. The molecule has 0 spiro atoms. The normalized spacial score (nSPS) is 10.2. The van der Waals surface area contributed by atoms with Crippen LogP contribution in [0.5, 0.6) is 0 Å². The molecular weight excluding hydrogens is 230 g/mol. The number of carbonyl (C=O) groups is 1. The van der Waals surface area contributed by atoms with Gasteiger partial charge in [-0.05, 0) is 13.3 Å². The van der Waals surface area contributed by atoms with Gasteiger partial charge in [0.1, 0.15) is 17.5 Å². The van der Waals surface area contributed by atoms with Gasteiger partial charge >= 0.3 is 0 Å². The van der Waals surface area contributed by atoms with Crippen LogP contribution in [-0.2, 0) is 11.2 Å². The van der Waals surface area contributed by atoms with Crippen molar-refractivity contribution in [3.63, 3.8) is 0 Å². The van der Waals surface area contributed by atoms with E-state index >= 15 is 0 Å². The zero-order valence-corrected chi connectivity index (χ0v) is 11.2. The van der Waals surface area contributed by atoms with Crippen LogP contribution in [0.3, 0.4) is 0 Å². The number of anilines is 2. The lowest BCUT2D eigenvalue weighted by Crippen LogP contribution is -2.32. The summed E-state index contributed by atoms with van der Waals surface area (Å²) in [5.41, 5.74) is 5.70. The standard InChI is InChI=1S/C12H21N5O/c1-4-6-10-15-9(13)7-11(16-10)14-8-12(18)17(3)5-2/h7H,4-6,8H2,1-3H3,(H3,13,14,15,16). The molecule has 0 saturated heterocycles. The number of nitrogens with two attached hydrogens (primary N) is 1. The Morgan fingerprint density at radius 1 is 1.44 bits per heavy atom. The third kappa shape index (κ3) is 4.20. The van der Waals surface area contributed by atoms with Gasteiger partial charge in [0, 0.05) is 26.1 Å². The third-order valence-electron chi connectivity index (χ3n) is 2.59. The van der Waals surface area contributed by atoms with Crippen LogP contribution < -0.4 is 11.1 Å². The SMILES string of the molecule is CCCc1nc(N)cc(NCC(=O)N(C)CC)n1. The highest BCUT2D eigenvalue weighted by atomic mass is 16.2. The summed E-state index contributed by atoms with van der Waals surface area (Å²) < 4.78 is 0. The molecule has 1 heterocycles. The van der Waals surface area contributed by atoms with Crippen LogP contribution in [-0.4, -0.2) is 40.9 Å². The van der Waals surface area contributed by atoms with Gasteiger partial charge in [0.05, 0.1) is 6.54 Å². The van der Waals surface area contributed by atoms with Crippen molar-refractivity contribution in [1.82, 2.24) is 14.9 Å². The molecule has 6 heteroatoms. The Bertz CT molecular complexity index is 407. The average molecular weight is 251 g/mol. The van der Waals surface area contributed by atoms with Crippen LogP contribution in [0.25, 0.3) is 0 Å². The predicted molar refractivity (Wildman–Crippen MR) is 72.2 cm³/mol. The summed E-state index contributed by atoms with van der Waals surface area (Å²) in [5, 5.41) is 2.98. The molecule has 18 heavy (non-hydrogen) atoms. The highest BCUT2D eigenvalue weighted by Crippen LogP contribution is 2.09. The lowest BCUT2D eigenvalue weighted by molar-refractivity contribution is -0.127. The minimum atomic E-state index is 0.0201. The van der Waals surface area contributed by atoms with Gasteiger partial charge < -0.3 is 16.0 Å². The maximum atomic E-state index is 11.6.